The van der Waals surface area contributed by atoms with E-state index in [2.05, 4.69) is 130 Å². The van der Waals surface area contributed by atoms with Crippen LogP contribution < -0.4 is 0 Å². The Morgan fingerprint density at radius 1 is 0.274 bits per heavy atom. The summed E-state index contributed by atoms with van der Waals surface area (Å²) < 4.78 is 16.9. The predicted octanol–water partition coefficient (Wildman–Crippen LogP) is 20.7. The van der Waals surface area contributed by atoms with Crippen LogP contribution in [0.1, 0.15) is 278 Å². The molecular formula is C67H112O6. The molecule has 0 radical (unpaired) electrons. The van der Waals surface area contributed by atoms with Crippen LogP contribution in [0, 0.1) is 0 Å². The molecule has 0 unspecified atom stereocenters. The Kier molecular flexibility index (Phi) is 57.4. The zero-order valence-corrected chi connectivity index (χ0v) is 47.6. The van der Waals surface area contributed by atoms with Gasteiger partial charge in [-0.05, 0) is 135 Å². The standard InChI is InChI=1S/C67H112O6/c1-4-7-10-13-16-19-22-25-28-31-33-36-39-42-45-48-51-54-57-60-66(69)72-63-64(62-71-65(68)59-56-53-50-47-44-41-38-35-30-27-24-21-18-15-12-9-6-3)73-67(70)61-58-55-52-49-46-43-40-37-34-32-29-26-23-20-17-14-11-8-5-2/h16-17,19-20,25-30,33-34,36-37,42-43,45-46,64H,4-15,18,21-24,31-32,35,38-41,44,47-63H2,1-3H3/b19-16+,20-17+,28-25+,29-26+,30-27+,36-33+,37-34+,45-42+,46-43+/t64-/m1/s1. The number of unbranched alkanes of at least 4 members (excludes halogenated alkanes) is 25. The fourth-order valence-corrected chi connectivity index (χ4v) is 8.11. The van der Waals surface area contributed by atoms with Crippen molar-refractivity contribution >= 4 is 17.9 Å². The Hall–Kier alpha value is -3.93. The van der Waals surface area contributed by atoms with Gasteiger partial charge in [-0.1, -0.05) is 233 Å². The Balaban J connectivity index is 4.53. The lowest BCUT2D eigenvalue weighted by Gasteiger charge is -2.18. The molecule has 0 aliphatic rings. The summed E-state index contributed by atoms with van der Waals surface area (Å²) >= 11 is 0. The fourth-order valence-electron chi connectivity index (χ4n) is 8.11. The molecule has 6 nitrogen and oxygen atoms in total. The van der Waals surface area contributed by atoms with Crippen LogP contribution in [0.25, 0.3) is 0 Å². The molecule has 0 aromatic heterocycles. The third-order valence-electron chi connectivity index (χ3n) is 12.7. The molecule has 6 heteroatoms. The number of allylic oxidation sites excluding steroid dienone is 18. The molecule has 416 valence electrons. The molecule has 0 aliphatic carbocycles. The number of ether oxygens (including phenoxy) is 3. The van der Waals surface area contributed by atoms with Gasteiger partial charge in [0.2, 0.25) is 0 Å². The van der Waals surface area contributed by atoms with Gasteiger partial charge in [0.15, 0.2) is 6.10 Å². The zero-order valence-electron chi connectivity index (χ0n) is 47.6. The lowest BCUT2D eigenvalue weighted by atomic mass is 10.1. The van der Waals surface area contributed by atoms with Gasteiger partial charge in [0, 0.05) is 19.3 Å². The highest BCUT2D eigenvalue weighted by molar-refractivity contribution is 5.71. The van der Waals surface area contributed by atoms with Crippen molar-refractivity contribution < 1.29 is 28.6 Å². The van der Waals surface area contributed by atoms with E-state index in [1.165, 1.54) is 128 Å². The van der Waals surface area contributed by atoms with E-state index in [1.807, 2.05) is 0 Å². The third kappa shape index (κ3) is 58.8. The molecule has 0 fully saturated rings. The van der Waals surface area contributed by atoms with Gasteiger partial charge < -0.3 is 14.2 Å². The molecule has 0 aliphatic heterocycles. The zero-order chi connectivity index (χ0) is 52.9. The SMILES string of the molecule is CCCCC/C=C/C/C=C/C/C=C/C/C=C/CCCCCC(=O)OC[C@@H](COC(=O)CCCCCCCCC/C=C/CCCCCCCC)OC(=O)CCCCC/C=C/C/C=C/C/C=C/C/C=C/CCCCC. The Labute approximate surface area is 450 Å². The van der Waals surface area contributed by atoms with Crippen molar-refractivity contribution in [2.24, 2.45) is 0 Å². The van der Waals surface area contributed by atoms with E-state index >= 15 is 0 Å². The van der Waals surface area contributed by atoms with Crippen LogP contribution in [0.5, 0.6) is 0 Å². The second-order valence-electron chi connectivity index (χ2n) is 19.9. The van der Waals surface area contributed by atoms with Crippen molar-refractivity contribution in [1.29, 1.82) is 0 Å². The number of esters is 3. The van der Waals surface area contributed by atoms with E-state index < -0.39 is 6.10 Å². The number of carbonyl (C=O) groups excluding carboxylic acids is 3. The van der Waals surface area contributed by atoms with Crippen molar-refractivity contribution in [2.75, 3.05) is 13.2 Å². The molecule has 0 aromatic carbocycles. The van der Waals surface area contributed by atoms with Gasteiger partial charge in [0.05, 0.1) is 0 Å². The molecule has 0 aromatic rings. The summed E-state index contributed by atoms with van der Waals surface area (Å²) in [7, 11) is 0. The lowest BCUT2D eigenvalue weighted by Crippen LogP contribution is -2.30. The van der Waals surface area contributed by atoms with Crippen molar-refractivity contribution in [3.8, 4) is 0 Å². The molecule has 0 saturated carbocycles. The van der Waals surface area contributed by atoms with Gasteiger partial charge in [-0.25, -0.2) is 0 Å². The van der Waals surface area contributed by atoms with Gasteiger partial charge in [-0.2, -0.15) is 0 Å². The molecule has 0 rings (SSSR count). The van der Waals surface area contributed by atoms with Crippen LogP contribution >= 0.6 is 0 Å². The number of hydrogen-bond acceptors (Lipinski definition) is 6. The average Bonchev–Trinajstić information content (AvgIpc) is 3.39. The highest BCUT2D eigenvalue weighted by atomic mass is 16.6. The molecular weight excluding hydrogens is 901 g/mol. The molecule has 0 saturated heterocycles. The summed E-state index contributed by atoms with van der Waals surface area (Å²) in [5.74, 6) is -0.969. The van der Waals surface area contributed by atoms with E-state index in [0.29, 0.717) is 12.8 Å². The average molecular weight is 1010 g/mol. The molecule has 0 bridgehead atoms. The summed E-state index contributed by atoms with van der Waals surface area (Å²) in [4.78, 5) is 38.2. The monoisotopic (exact) mass is 1010 g/mol. The van der Waals surface area contributed by atoms with E-state index in [4.69, 9.17) is 14.2 Å². The van der Waals surface area contributed by atoms with Crippen LogP contribution in [0.4, 0.5) is 0 Å². The minimum Gasteiger partial charge on any atom is -0.462 e. The fraction of sp³-hybridized carbons (Fsp3) is 0.687. The number of carbonyl (C=O) groups is 3. The Morgan fingerprint density at radius 3 is 0.822 bits per heavy atom. The summed E-state index contributed by atoms with van der Waals surface area (Å²) in [6, 6.07) is 0. The van der Waals surface area contributed by atoms with Crippen LogP contribution in [0.3, 0.4) is 0 Å². The minimum absolute atomic E-state index is 0.105. The summed E-state index contributed by atoms with van der Waals surface area (Å²) in [5, 5.41) is 0. The van der Waals surface area contributed by atoms with E-state index in [-0.39, 0.29) is 37.5 Å². The molecule has 0 spiro atoms. The van der Waals surface area contributed by atoms with Crippen molar-refractivity contribution in [1.82, 2.24) is 0 Å². The first kappa shape index (κ1) is 69.1. The smallest absolute Gasteiger partial charge is 0.306 e. The largest absolute Gasteiger partial charge is 0.462 e. The maximum atomic E-state index is 12.9. The molecule has 73 heavy (non-hydrogen) atoms. The molecule has 0 heterocycles. The number of rotatable bonds is 54. The minimum atomic E-state index is -0.813. The van der Waals surface area contributed by atoms with Crippen molar-refractivity contribution in [3.63, 3.8) is 0 Å². The van der Waals surface area contributed by atoms with Gasteiger partial charge >= 0.3 is 17.9 Å². The van der Waals surface area contributed by atoms with E-state index in [0.717, 1.165) is 109 Å². The summed E-state index contributed by atoms with van der Waals surface area (Å²) in [6.45, 7) is 6.53. The van der Waals surface area contributed by atoms with Crippen LogP contribution in [-0.2, 0) is 28.6 Å². The maximum Gasteiger partial charge on any atom is 0.306 e. The normalized spacial score (nSPS) is 12.9. The van der Waals surface area contributed by atoms with Gasteiger partial charge in [-0.15, -0.1) is 0 Å². The highest BCUT2D eigenvalue weighted by Crippen LogP contribution is 2.14. The van der Waals surface area contributed by atoms with Gasteiger partial charge in [0.25, 0.3) is 0 Å². The lowest BCUT2D eigenvalue weighted by molar-refractivity contribution is -0.167. The van der Waals surface area contributed by atoms with Gasteiger partial charge in [0.1, 0.15) is 13.2 Å². The predicted molar refractivity (Wildman–Crippen MR) is 316 cm³/mol. The first-order chi connectivity index (χ1) is 36.0. The van der Waals surface area contributed by atoms with E-state index in [1.54, 1.807) is 0 Å². The van der Waals surface area contributed by atoms with Gasteiger partial charge in [-0.3, -0.25) is 14.4 Å². The molecule has 1 atom stereocenters. The molecule has 0 N–H and O–H groups in total. The van der Waals surface area contributed by atoms with Crippen LogP contribution in [0.15, 0.2) is 109 Å². The van der Waals surface area contributed by atoms with Crippen molar-refractivity contribution in [3.05, 3.63) is 109 Å². The van der Waals surface area contributed by atoms with E-state index in [9.17, 15) is 14.4 Å². The first-order valence-electron chi connectivity index (χ1n) is 30.4. The maximum absolute atomic E-state index is 12.9. The second-order valence-corrected chi connectivity index (χ2v) is 19.9. The van der Waals surface area contributed by atoms with Crippen LogP contribution in [0.2, 0.25) is 0 Å². The second kappa shape index (κ2) is 60.6. The van der Waals surface area contributed by atoms with Crippen LogP contribution in [-0.4, -0.2) is 37.2 Å². The third-order valence-corrected chi connectivity index (χ3v) is 12.7. The Morgan fingerprint density at radius 2 is 0.493 bits per heavy atom. The summed E-state index contributed by atoms with van der Waals surface area (Å²) in [6.07, 6.45) is 82.2. The molecule has 0 amide bonds. The number of hydrogen-bond donors (Lipinski definition) is 0. The first-order valence-corrected chi connectivity index (χ1v) is 30.4. The quantitative estimate of drug-likeness (QED) is 0.0261. The summed E-state index contributed by atoms with van der Waals surface area (Å²) in [5.41, 5.74) is 0. The topological polar surface area (TPSA) is 78.9 Å². The highest BCUT2D eigenvalue weighted by Gasteiger charge is 2.19. The van der Waals surface area contributed by atoms with Crippen molar-refractivity contribution in [2.45, 2.75) is 284 Å². The Bertz CT molecular complexity index is 1490.